The van der Waals surface area contributed by atoms with Gasteiger partial charge in [-0.15, -0.1) is 0 Å². The molecule has 2 aromatic rings. The van der Waals surface area contributed by atoms with E-state index in [4.69, 9.17) is 9.47 Å². The molecule has 1 fully saturated rings. The summed E-state index contributed by atoms with van der Waals surface area (Å²) >= 11 is 0. The van der Waals surface area contributed by atoms with E-state index in [-0.39, 0.29) is 12.1 Å². The number of anilines is 1. The topological polar surface area (TPSA) is 33.7 Å². The number of morpholine rings is 1. The fourth-order valence-corrected chi connectivity index (χ4v) is 3.24. The van der Waals surface area contributed by atoms with Crippen LogP contribution in [0.1, 0.15) is 24.1 Å². The molecule has 4 heteroatoms. The highest BCUT2D eigenvalue weighted by atomic mass is 16.5. The molecular formula is C21H28N2O2. The third kappa shape index (κ3) is 4.74. The van der Waals surface area contributed by atoms with Crippen LogP contribution in [0.2, 0.25) is 0 Å². The van der Waals surface area contributed by atoms with Crippen molar-refractivity contribution >= 4 is 5.69 Å². The molecule has 1 heterocycles. The van der Waals surface area contributed by atoms with E-state index in [1.807, 2.05) is 12.1 Å². The van der Waals surface area contributed by atoms with Crippen LogP contribution in [0.15, 0.2) is 48.5 Å². The Morgan fingerprint density at radius 1 is 1.24 bits per heavy atom. The molecular weight excluding hydrogens is 312 g/mol. The van der Waals surface area contributed by atoms with Crippen LogP contribution in [0.25, 0.3) is 0 Å². The van der Waals surface area contributed by atoms with Crippen molar-refractivity contribution in [1.82, 2.24) is 5.32 Å². The lowest BCUT2D eigenvalue weighted by molar-refractivity contribution is 0.0394. The summed E-state index contributed by atoms with van der Waals surface area (Å²) in [5.41, 5.74) is 3.81. The van der Waals surface area contributed by atoms with Crippen LogP contribution in [-0.4, -0.2) is 39.5 Å². The molecule has 0 saturated carbocycles. The van der Waals surface area contributed by atoms with E-state index in [0.717, 1.165) is 32.0 Å². The molecule has 0 amide bonds. The van der Waals surface area contributed by atoms with Gasteiger partial charge in [0.1, 0.15) is 5.75 Å². The molecule has 0 bridgehead atoms. The second-order valence-corrected chi connectivity index (χ2v) is 6.68. The molecule has 0 aromatic heterocycles. The molecule has 3 rings (SSSR count). The summed E-state index contributed by atoms with van der Waals surface area (Å²) in [5, 5.41) is 3.60. The van der Waals surface area contributed by atoms with Crippen LogP contribution >= 0.6 is 0 Å². The maximum absolute atomic E-state index is 5.96. The molecule has 1 unspecified atom stereocenters. The zero-order valence-electron chi connectivity index (χ0n) is 15.4. The summed E-state index contributed by atoms with van der Waals surface area (Å²) in [5.74, 6) is 0.894. The fourth-order valence-electron chi connectivity index (χ4n) is 3.24. The van der Waals surface area contributed by atoms with Crippen LogP contribution < -0.4 is 15.0 Å². The molecule has 2 atom stereocenters. The zero-order valence-corrected chi connectivity index (χ0v) is 15.4. The molecule has 1 saturated heterocycles. The predicted octanol–water partition coefficient (Wildman–Crippen LogP) is 3.56. The van der Waals surface area contributed by atoms with Crippen LogP contribution in [0, 0.1) is 6.92 Å². The van der Waals surface area contributed by atoms with Crippen LogP contribution in [0.5, 0.6) is 5.75 Å². The summed E-state index contributed by atoms with van der Waals surface area (Å²) in [6, 6.07) is 17.2. The second-order valence-electron chi connectivity index (χ2n) is 6.68. The van der Waals surface area contributed by atoms with Crippen molar-refractivity contribution in [2.45, 2.75) is 26.0 Å². The van der Waals surface area contributed by atoms with Crippen molar-refractivity contribution in [2.24, 2.45) is 0 Å². The first-order chi connectivity index (χ1) is 12.2. The highest BCUT2D eigenvalue weighted by molar-refractivity contribution is 5.48. The average molecular weight is 340 g/mol. The fraction of sp³-hybridized carbons (Fsp3) is 0.429. The third-order valence-corrected chi connectivity index (χ3v) is 4.75. The normalized spacial score (nSPS) is 18.8. The van der Waals surface area contributed by atoms with Gasteiger partial charge in [-0.3, -0.25) is 0 Å². The Balaban J connectivity index is 1.55. The summed E-state index contributed by atoms with van der Waals surface area (Å²) in [6.45, 7) is 7.79. The lowest BCUT2D eigenvalue weighted by Crippen LogP contribution is -2.47. The first-order valence-electron chi connectivity index (χ1n) is 8.96. The number of benzene rings is 2. The van der Waals surface area contributed by atoms with Crippen molar-refractivity contribution < 1.29 is 9.47 Å². The number of aryl methyl sites for hydroxylation is 1. The minimum Gasteiger partial charge on any atom is -0.497 e. The SMILES string of the molecule is COc1cccc([C@@H](C)NCC2CN(c3cccc(C)c3)CCO2)c1. The maximum Gasteiger partial charge on any atom is 0.119 e. The van der Waals surface area contributed by atoms with Gasteiger partial charge in [0.2, 0.25) is 0 Å². The van der Waals surface area contributed by atoms with Gasteiger partial charge in [-0.1, -0.05) is 24.3 Å². The third-order valence-electron chi connectivity index (χ3n) is 4.75. The van der Waals surface area contributed by atoms with Gasteiger partial charge in [-0.05, 0) is 49.2 Å². The summed E-state index contributed by atoms with van der Waals surface area (Å²) in [6.07, 6.45) is 0.197. The van der Waals surface area contributed by atoms with Crippen LogP contribution in [0.4, 0.5) is 5.69 Å². The van der Waals surface area contributed by atoms with Gasteiger partial charge in [-0.25, -0.2) is 0 Å². The Hall–Kier alpha value is -2.04. The van der Waals surface area contributed by atoms with Crippen LogP contribution in [0.3, 0.4) is 0 Å². The van der Waals surface area contributed by atoms with Crippen molar-refractivity contribution in [3.63, 3.8) is 0 Å². The monoisotopic (exact) mass is 340 g/mol. The Morgan fingerprint density at radius 3 is 2.88 bits per heavy atom. The number of nitrogens with zero attached hydrogens (tertiary/aromatic N) is 1. The van der Waals surface area contributed by atoms with Crippen molar-refractivity contribution in [3.8, 4) is 5.75 Å². The molecule has 25 heavy (non-hydrogen) atoms. The van der Waals surface area contributed by atoms with Gasteiger partial charge in [0.05, 0.1) is 19.8 Å². The maximum atomic E-state index is 5.96. The first-order valence-corrected chi connectivity index (χ1v) is 8.96. The zero-order chi connectivity index (χ0) is 17.6. The van der Waals surface area contributed by atoms with E-state index in [2.05, 4.69) is 60.5 Å². The number of hydrogen-bond acceptors (Lipinski definition) is 4. The molecule has 134 valence electrons. The molecule has 2 aromatic carbocycles. The van der Waals surface area contributed by atoms with E-state index >= 15 is 0 Å². The van der Waals surface area contributed by atoms with Crippen molar-refractivity contribution in [2.75, 3.05) is 38.3 Å². The van der Waals surface area contributed by atoms with E-state index < -0.39 is 0 Å². The molecule has 1 N–H and O–H groups in total. The Morgan fingerprint density at radius 2 is 2.08 bits per heavy atom. The molecule has 0 spiro atoms. The minimum atomic E-state index is 0.197. The first kappa shape index (κ1) is 17.8. The van der Waals surface area contributed by atoms with E-state index in [9.17, 15) is 0 Å². The quantitative estimate of drug-likeness (QED) is 0.872. The van der Waals surface area contributed by atoms with Crippen molar-refractivity contribution in [3.05, 3.63) is 59.7 Å². The molecule has 0 aliphatic carbocycles. The van der Waals surface area contributed by atoms with Gasteiger partial charge >= 0.3 is 0 Å². The minimum absolute atomic E-state index is 0.197. The number of nitrogens with one attached hydrogen (secondary N) is 1. The van der Waals surface area contributed by atoms with Gasteiger partial charge < -0.3 is 19.7 Å². The molecule has 1 aliphatic heterocycles. The number of hydrogen-bond donors (Lipinski definition) is 1. The standard InChI is InChI=1S/C21H28N2O2/c1-16-6-4-8-19(12-16)23-10-11-25-21(15-23)14-22-17(2)18-7-5-9-20(13-18)24-3/h4-9,12-13,17,21-22H,10-11,14-15H2,1-3H3/t17-,21?/m1/s1. The highest BCUT2D eigenvalue weighted by Gasteiger charge is 2.21. The summed E-state index contributed by atoms with van der Waals surface area (Å²) < 4.78 is 11.3. The van der Waals surface area contributed by atoms with E-state index in [0.29, 0.717) is 0 Å². The molecule has 0 radical (unpaired) electrons. The van der Waals surface area contributed by atoms with E-state index in [1.165, 1.54) is 16.8 Å². The van der Waals surface area contributed by atoms with Gasteiger partial charge in [0.15, 0.2) is 0 Å². The second kappa shape index (κ2) is 8.37. The number of rotatable bonds is 6. The van der Waals surface area contributed by atoms with Crippen LogP contribution in [-0.2, 0) is 4.74 Å². The van der Waals surface area contributed by atoms with Gasteiger partial charge in [0.25, 0.3) is 0 Å². The van der Waals surface area contributed by atoms with Gasteiger partial charge in [0, 0.05) is 31.4 Å². The Bertz CT molecular complexity index is 689. The molecule has 1 aliphatic rings. The predicted molar refractivity (Wildman–Crippen MR) is 103 cm³/mol. The lowest BCUT2D eigenvalue weighted by atomic mass is 10.1. The molecule has 4 nitrogen and oxygen atoms in total. The van der Waals surface area contributed by atoms with Gasteiger partial charge in [-0.2, -0.15) is 0 Å². The Kier molecular flexibility index (Phi) is 5.95. The summed E-state index contributed by atoms with van der Waals surface area (Å²) in [4.78, 5) is 2.42. The van der Waals surface area contributed by atoms with Crippen molar-refractivity contribution in [1.29, 1.82) is 0 Å². The summed E-state index contributed by atoms with van der Waals surface area (Å²) in [7, 11) is 1.70. The average Bonchev–Trinajstić information content (AvgIpc) is 2.66. The Labute approximate surface area is 150 Å². The lowest BCUT2D eigenvalue weighted by Gasteiger charge is -2.35. The van der Waals surface area contributed by atoms with E-state index in [1.54, 1.807) is 7.11 Å². The number of methoxy groups -OCH3 is 1. The smallest absolute Gasteiger partial charge is 0.119 e. The largest absolute Gasteiger partial charge is 0.497 e. The number of ether oxygens (including phenoxy) is 2. The highest BCUT2D eigenvalue weighted by Crippen LogP contribution is 2.21.